The van der Waals surface area contributed by atoms with Crippen LogP contribution in [0.5, 0.6) is 0 Å². The Morgan fingerprint density at radius 2 is 2.58 bits per heavy atom. The second kappa shape index (κ2) is 5.06. The van der Waals surface area contributed by atoms with Crippen molar-refractivity contribution >= 4 is 11.3 Å². The van der Waals surface area contributed by atoms with Crippen molar-refractivity contribution < 1.29 is 0 Å². The first kappa shape index (κ1) is 9.42. The molecule has 0 saturated carbocycles. The van der Waals surface area contributed by atoms with Crippen LogP contribution in [0.1, 0.15) is 18.2 Å². The summed E-state index contributed by atoms with van der Waals surface area (Å²) in [6.45, 7) is 7.83. The highest BCUT2D eigenvalue weighted by atomic mass is 32.1. The summed E-state index contributed by atoms with van der Waals surface area (Å²) in [6.07, 6.45) is 2.96. The Hall–Kier alpha value is -0.670. The third-order valence-electron chi connectivity index (χ3n) is 1.51. The maximum atomic E-state index is 4.00. The zero-order valence-electron chi connectivity index (χ0n) is 7.34. The molecule has 0 aromatic carbocycles. The van der Waals surface area contributed by atoms with Gasteiger partial charge in [0.1, 0.15) is 0 Å². The fourth-order valence-electron chi connectivity index (χ4n) is 0.843. The molecule has 1 aromatic heterocycles. The normalized spacial score (nSPS) is 10.1. The lowest BCUT2D eigenvalue weighted by Crippen LogP contribution is -2.13. The van der Waals surface area contributed by atoms with Gasteiger partial charge in [-0.1, -0.05) is 5.57 Å². The summed E-state index contributed by atoms with van der Waals surface area (Å²) in [5.41, 5.74) is 3.09. The topological polar surface area (TPSA) is 24.9 Å². The van der Waals surface area contributed by atoms with Crippen molar-refractivity contribution in [2.24, 2.45) is 0 Å². The lowest BCUT2D eigenvalue weighted by atomic mass is 10.2. The van der Waals surface area contributed by atoms with E-state index >= 15 is 0 Å². The number of hydrogen-bond donors (Lipinski definition) is 1. The number of thiazole rings is 1. The molecule has 0 radical (unpaired) electrons. The Bertz CT molecular complexity index is 229. The van der Waals surface area contributed by atoms with E-state index in [-0.39, 0.29) is 0 Å². The largest absolute Gasteiger partial charge is 0.311 e. The van der Waals surface area contributed by atoms with Crippen molar-refractivity contribution in [3.63, 3.8) is 0 Å². The van der Waals surface area contributed by atoms with Gasteiger partial charge >= 0.3 is 0 Å². The molecule has 0 unspecified atom stereocenters. The van der Waals surface area contributed by atoms with E-state index in [2.05, 4.69) is 16.9 Å². The Morgan fingerprint density at radius 1 is 1.75 bits per heavy atom. The first-order valence-electron chi connectivity index (χ1n) is 4.01. The minimum Gasteiger partial charge on any atom is -0.311 e. The molecular weight excluding hydrogens is 168 g/mol. The number of hydrogen-bond acceptors (Lipinski definition) is 3. The highest BCUT2D eigenvalue weighted by Gasteiger charge is 1.92. The fourth-order valence-corrected chi connectivity index (χ4v) is 1.41. The van der Waals surface area contributed by atoms with E-state index in [0.29, 0.717) is 0 Å². The van der Waals surface area contributed by atoms with Gasteiger partial charge in [0, 0.05) is 17.6 Å². The zero-order valence-corrected chi connectivity index (χ0v) is 8.16. The number of nitrogens with zero attached hydrogens (tertiary/aromatic N) is 1. The molecular formula is C9H14N2S. The van der Waals surface area contributed by atoms with Gasteiger partial charge in [0.25, 0.3) is 0 Å². The van der Waals surface area contributed by atoms with E-state index in [1.807, 2.05) is 18.6 Å². The first-order valence-corrected chi connectivity index (χ1v) is 4.89. The van der Waals surface area contributed by atoms with Crippen LogP contribution in [0.15, 0.2) is 23.9 Å². The van der Waals surface area contributed by atoms with Crippen LogP contribution in [0.3, 0.4) is 0 Å². The summed E-state index contributed by atoms with van der Waals surface area (Å²) in [4.78, 5) is 5.29. The highest BCUT2D eigenvalue weighted by molar-refractivity contribution is 7.09. The van der Waals surface area contributed by atoms with E-state index in [4.69, 9.17) is 0 Å². The summed E-state index contributed by atoms with van der Waals surface area (Å²) >= 11 is 1.69. The molecule has 0 atom stereocenters. The molecule has 1 aromatic rings. The smallest absolute Gasteiger partial charge is 0.0794 e. The van der Waals surface area contributed by atoms with Crippen LogP contribution < -0.4 is 5.32 Å². The maximum Gasteiger partial charge on any atom is 0.0794 e. The van der Waals surface area contributed by atoms with Gasteiger partial charge < -0.3 is 5.32 Å². The molecule has 1 heterocycles. The summed E-state index contributed by atoms with van der Waals surface area (Å²) in [5.74, 6) is 0. The predicted molar refractivity (Wildman–Crippen MR) is 53.3 cm³/mol. The van der Waals surface area contributed by atoms with Gasteiger partial charge in [-0.2, -0.15) is 0 Å². The minimum atomic E-state index is 0.929. The van der Waals surface area contributed by atoms with Crippen molar-refractivity contribution in [2.45, 2.75) is 19.9 Å². The van der Waals surface area contributed by atoms with Gasteiger partial charge in [0.05, 0.1) is 5.51 Å². The molecule has 1 N–H and O–H groups in total. The summed E-state index contributed by atoms with van der Waals surface area (Å²) in [5, 5.41) is 3.33. The second-order valence-corrected chi connectivity index (χ2v) is 3.82. The third kappa shape index (κ3) is 3.64. The molecule has 0 spiro atoms. The van der Waals surface area contributed by atoms with Crippen LogP contribution in [0.2, 0.25) is 0 Å². The fraction of sp³-hybridized carbons (Fsp3) is 0.444. The van der Waals surface area contributed by atoms with E-state index < -0.39 is 0 Å². The highest BCUT2D eigenvalue weighted by Crippen LogP contribution is 2.04. The molecule has 0 bridgehead atoms. The Kier molecular flexibility index (Phi) is 3.97. The number of aromatic nitrogens is 1. The molecule has 3 heteroatoms. The van der Waals surface area contributed by atoms with Crippen molar-refractivity contribution in [3.05, 3.63) is 28.7 Å². The SMILES string of the molecule is C=C(C)CCNCc1cncs1. The van der Waals surface area contributed by atoms with Gasteiger partial charge in [0.15, 0.2) is 0 Å². The van der Waals surface area contributed by atoms with E-state index in [1.165, 1.54) is 10.5 Å². The predicted octanol–water partition coefficient (Wildman–Crippen LogP) is 2.20. The zero-order chi connectivity index (χ0) is 8.81. The van der Waals surface area contributed by atoms with Crippen molar-refractivity contribution in [1.82, 2.24) is 10.3 Å². The molecule has 0 saturated heterocycles. The van der Waals surface area contributed by atoms with Gasteiger partial charge in [-0.25, -0.2) is 0 Å². The van der Waals surface area contributed by atoms with Crippen LogP contribution in [0.25, 0.3) is 0 Å². The maximum absolute atomic E-state index is 4.00. The van der Waals surface area contributed by atoms with Crippen LogP contribution in [-0.4, -0.2) is 11.5 Å². The second-order valence-electron chi connectivity index (χ2n) is 2.85. The molecule has 66 valence electrons. The molecule has 1 rings (SSSR count). The average Bonchev–Trinajstić information content (AvgIpc) is 2.49. The average molecular weight is 182 g/mol. The summed E-state index contributed by atoms with van der Waals surface area (Å²) < 4.78 is 0. The quantitative estimate of drug-likeness (QED) is 0.558. The Labute approximate surface area is 77.3 Å². The molecule has 2 nitrogen and oxygen atoms in total. The monoisotopic (exact) mass is 182 g/mol. The minimum absolute atomic E-state index is 0.929. The summed E-state index contributed by atoms with van der Waals surface area (Å²) in [7, 11) is 0. The van der Waals surface area contributed by atoms with Gasteiger partial charge in [-0.05, 0) is 19.9 Å². The lowest BCUT2D eigenvalue weighted by molar-refractivity contribution is 0.690. The first-order chi connectivity index (χ1) is 5.79. The molecule has 0 aliphatic carbocycles. The van der Waals surface area contributed by atoms with Crippen LogP contribution >= 0.6 is 11.3 Å². The Balaban J connectivity index is 2.07. The van der Waals surface area contributed by atoms with Crippen molar-refractivity contribution in [2.75, 3.05) is 6.54 Å². The third-order valence-corrected chi connectivity index (χ3v) is 2.29. The van der Waals surface area contributed by atoms with Crippen LogP contribution in [0, 0.1) is 0 Å². The van der Waals surface area contributed by atoms with E-state index in [9.17, 15) is 0 Å². The Morgan fingerprint density at radius 3 is 3.17 bits per heavy atom. The van der Waals surface area contributed by atoms with Crippen molar-refractivity contribution in [3.8, 4) is 0 Å². The van der Waals surface area contributed by atoms with E-state index in [0.717, 1.165) is 19.5 Å². The molecule has 0 fully saturated rings. The van der Waals surface area contributed by atoms with Crippen molar-refractivity contribution in [1.29, 1.82) is 0 Å². The molecule has 0 aliphatic rings. The summed E-state index contributed by atoms with van der Waals surface area (Å²) in [6, 6.07) is 0. The molecule has 0 aliphatic heterocycles. The van der Waals surface area contributed by atoms with Crippen LogP contribution in [-0.2, 0) is 6.54 Å². The molecule has 0 amide bonds. The van der Waals surface area contributed by atoms with Crippen LogP contribution in [0.4, 0.5) is 0 Å². The van der Waals surface area contributed by atoms with E-state index in [1.54, 1.807) is 11.3 Å². The van der Waals surface area contributed by atoms with Gasteiger partial charge in [0.2, 0.25) is 0 Å². The standard InChI is InChI=1S/C9H14N2S/c1-8(2)3-4-10-5-9-6-11-7-12-9/h6-7,10H,1,3-5H2,2H3. The van der Waals surface area contributed by atoms with Gasteiger partial charge in [-0.15, -0.1) is 17.9 Å². The van der Waals surface area contributed by atoms with Gasteiger partial charge in [-0.3, -0.25) is 4.98 Å². The number of nitrogens with one attached hydrogen (secondary N) is 1. The number of rotatable bonds is 5. The lowest BCUT2D eigenvalue weighted by Gasteiger charge is -2.01. The molecule has 12 heavy (non-hydrogen) atoms.